The number of ether oxygens (including phenoxy) is 1. The summed E-state index contributed by atoms with van der Waals surface area (Å²) >= 11 is 14.3. The Kier molecular flexibility index (Phi) is 9.79. The van der Waals surface area contributed by atoms with Gasteiger partial charge in [0, 0.05) is 70.8 Å². The number of piperazine rings is 1. The van der Waals surface area contributed by atoms with Crippen LogP contribution in [0.3, 0.4) is 0 Å². The van der Waals surface area contributed by atoms with Gasteiger partial charge in [0.15, 0.2) is 10.8 Å². The Hall–Kier alpha value is -4.82. The Morgan fingerprint density at radius 1 is 1.04 bits per heavy atom. The van der Waals surface area contributed by atoms with Crippen LogP contribution in [0.15, 0.2) is 88.6 Å². The quantitative estimate of drug-likeness (QED) is 0.196. The van der Waals surface area contributed by atoms with Crippen molar-refractivity contribution in [3.8, 4) is 11.1 Å². The molecular formula is C37H35Cl2N7O5S. The number of benzene rings is 2. The van der Waals surface area contributed by atoms with Crippen molar-refractivity contribution in [2.45, 2.75) is 31.3 Å². The zero-order valence-corrected chi connectivity index (χ0v) is 30.9. The molecule has 5 heterocycles. The number of pyridine rings is 1. The lowest BCUT2D eigenvalue weighted by atomic mass is 9.84. The number of nitrogens with zero attached hydrogens (tertiary/aromatic N) is 6. The van der Waals surface area contributed by atoms with Gasteiger partial charge in [0.1, 0.15) is 11.9 Å². The number of methoxy groups -OCH3 is 1. The first-order chi connectivity index (χ1) is 24.9. The third kappa shape index (κ3) is 6.76. The predicted molar refractivity (Wildman–Crippen MR) is 200 cm³/mol. The van der Waals surface area contributed by atoms with Crippen molar-refractivity contribution in [2.75, 3.05) is 44.7 Å². The molecular weight excluding hydrogens is 725 g/mol. The van der Waals surface area contributed by atoms with Crippen molar-refractivity contribution in [1.29, 1.82) is 0 Å². The van der Waals surface area contributed by atoms with Crippen LogP contribution in [0, 0.1) is 0 Å². The number of fused-ring (bicyclic) bond motifs is 1. The van der Waals surface area contributed by atoms with Crippen molar-refractivity contribution >= 4 is 64.2 Å². The van der Waals surface area contributed by atoms with Crippen molar-refractivity contribution in [3.63, 3.8) is 0 Å². The summed E-state index contributed by atoms with van der Waals surface area (Å²) in [6, 6.07) is 15.3. The first-order valence-corrected chi connectivity index (χ1v) is 18.2. The highest BCUT2D eigenvalue weighted by Gasteiger charge is 2.43. The number of nitrogens with one attached hydrogen (secondary N) is 1. The van der Waals surface area contributed by atoms with Gasteiger partial charge in [0.05, 0.1) is 30.7 Å². The number of aliphatic imine (C=N–C) groups is 1. The molecule has 2 atom stereocenters. The zero-order chi connectivity index (χ0) is 36.7. The molecule has 15 heteroatoms. The number of carboxylic acids is 1. The van der Waals surface area contributed by atoms with E-state index >= 15 is 0 Å². The molecule has 0 bridgehead atoms. The van der Waals surface area contributed by atoms with Crippen LogP contribution in [0.5, 0.6) is 0 Å². The number of amides is 2. The van der Waals surface area contributed by atoms with E-state index in [1.54, 1.807) is 49.3 Å². The van der Waals surface area contributed by atoms with Crippen LogP contribution in [0.4, 0.5) is 10.6 Å². The Balaban J connectivity index is 1.09. The molecule has 0 aliphatic carbocycles. The van der Waals surface area contributed by atoms with Crippen molar-refractivity contribution < 1.29 is 24.2 Å². The van der Waals surface area contributed by atoms with Crippen LogP contribution in [-0.2, 0) is 19.7 Å². The molecule has 4 aromatic rings. The first kappa shape index (κ1) is 35.6. The summed E-state index contributed by atoms with van der Waals surface area (Å²) in [5.41, 5.74) is 3.02. The van der Waals surface area contributed by atoms with Crippen LogP contribution in [0.2, 0.25) is 10.0 Å². The minimum atomic E-state index is -1.00. The number of anilines is 1. The predicted octanol–water partition coefficient (Wildman–Crippen LogP) is 6.02. The molecule has 12 nitrogen and oxygen atoms in total. The van der Waals surface area contributed by atoms with Crippen LogP contribution >= 0.6 is 34.5 Å². The number of carboxylic acid groups (broad SMARTS) is 1. The number of halogens is 2. The number of esters is 1. The van der Waals surface area contributed by atoms with Gasteiger partial charge in [-0.25, -0.2) is 19.6 Å². The number of amidine groups is 1. The standard InChI is InChI=1S/C37H35Cl2N7O5S/c1-37(2,35(48)49)23-7-4-21(5-8-23)22-6-11-29(41-17-22)46-19-25-18-44(13-14-45(25)36(46)50)20-28-30(34(47)51-3)31(26-10-9-24(38)16-27(26)39)43-32(42-28)33-40-12-15-52-33/h4-12,15-17,25,31H,13-14,18-20H2,1-3H3,(H,42,43)(H,48,49)/t25-,31-/m0/s1. The molecule has 3 aliphatic rings. The average molecular weight is 761 g/mol. The van der Waals surface area contributed by atoms with Crippen molar-refractivity contribution in [3.05, 3.63) is 110 Å². The smallest absolute Gasteiger partial charge is 0.338 e. The highest BCUT2D eigenvalue weighted by Crippen LogP contribution is 2.38. The van der Waals surface area contributed by atoms with E-state index in [1.165, 1.54) is 18.4 Å². The van der Waals surface area contributed by atoms with E-state index in [-0.39, 0.29) is 12.1 Å². The number of thiazole rings is 1. The number of hydrogen-bond acceptors (Lipinski definition) is 10. The Morgan fingerprint density at radius 2 is 1.81 bits per heavy atom. The van der Waals surface area contributed by atoms with E-state index in [0.717, 1.165) is 11.1 Å². The monoisotopic (exact) mass is 759 g/mol. The molecule has 2 saturated heterocycles. The van der Waals surface area contributed by atoms with Gasteiger partial charge >= 0.3 is 18.0 Å². The molecule has 0 radical (unpaired) electrons. The van der Waals surface area contributed by atoms with Gasteiger partial charge in [-0.2, -0.15) is 0 Å². The minimum absolute atomic E-state index is 0.104. The fourth-order valence-corrected chi connectivity index (χ4v) is 7.82. The number of urea groups is 1. The minimum Gasteiger partial charge on any atom is -0.481 e. The van der Waals surface area contributed by atoms with E-state index < -0.39 is 23.4 Å². The van der Waals surface area contributed by atoms with Crippen LogP contribution in [-0.4, -0.2) is 94.6 Å². The molecule has 2 N–H and O–H groups in total. The van der Waals surface area contributed by atoms with Gasteiger partial charge in [-0.1, -0.05) is 53.5 Å². The molecule has 7 rings (SSSR count). The summed E-state index contributed by atoms with van der Waals surface area (Å²) in [5, 5.41) is 16.3. The second kappa shape index (κ2) is 14.3. The van der Waals surface area contributed by atoms with Gasteiger partial charge in [-0.15, -0.1) is 11.3 Å². The summed E-state index contributed by atoms with van der Waals surface area (Å²) in [7, 11) is 1.34. The van der Waals surface area contributed by atoms with E-state index in [0.29, 0.717) is 81.8 Å². The summed E-state index contributed by atoms with van der Waals surface area (Å²) < 4.78 is 5.27. The number of carbonyl (C=O) groups is 3. The molecule has 2 aromatic carbocycles. The van der Waals surface area contributed by atoms with Crippen LogP contribution in [0.25, 0.3) is 11.1 Å². The molecule has 0 spiro atoms. The highest BCUT2D eigenvalue weighted by molar-refractivity contribution is 7.11. The zero-order valence-electron chi connectivity index (χ0n) is 28.5. The van der Waals surface area contributed by atoms with Gasteiger partial charge in [0.25, 0.3) is 0 Å². The first-order valence-electron chi connectivity index (χ1n) is 16.6. The van der Waals surface area contributed by atoms with Crippen molar-refractivity contribution in [2.24, 2.45) is 4.99 Å². The third-order valence-corrected chi connectivity index (χ3v) is 11.1. The molecule has 0 saturated carbocycles. The van der Waals surface area contributed by atoms with Gasteiger partial charge < -0.3 is 20.1 Å². The largest absolute Gasteiger partial charge is 0.481 e. The molecule has 2 fully saturated rings. The van der Waals surface area contributed by atoms with Crippen LogP contribution < -0.4 is 10.2 Å². The maximum Gasteiger partial charge on any atom is 0.338 e. The third-order valence-electron chi connectivity index (χ3n) is 9.74. The molecule has 0 unspecified atom stereocenters. The Bertz CT molecular complexity index is 2090. The fraction of sp³-hybridized carbons (Fsp3) is 0.297. The SMILES string of the molecule is COC(=O)C1=C(CN2CCN3C(=O)N(c4ccc(-c5ccc(C(C)(C)C(=O)O)cc5)cn4)C[C@@H]3C2)NC(c2nccs2)=N[C@H]1c1ccc(Cl)cc1Cl. The topological polar surface area (TPSA) is 141 Å². The lowest BCUT2D eigenvalue weighted by Crippen LogP contribution is -2.53. The Morgan fingerprint density at radius 3 is 2.46 bits per heavy atom. The van der Waals surface area contributed by atoms with E-state index in [2.05, 4.69) is 20.2 Å². The van der Waals surface area contributed by atoms with Gasteiger partial charge in [-0.05, 0) is 49.2 Å². The maximum absolute atomic E-state index is 13.6. The average Bonchev–Trinajstić information content (AvgIpc) is 3.80. The number of rotatable bonds is 9. The summed E-state index contributed by atoms with van der Waals surface area (Å²) in [6.45, 7) is 5.80. The number of hydrogen-bond donors (Lipinski definition) is 2. The fourth-order valence-electron chi connectivity index (χ4n) is 6.72. The second-order valence-corrected chi connectivity index (χ2v) is 15.0. The summed E-state index contributed by atoms with van der Waals surface area (Å²) in [4.78, 5) is 58.4. The van der Waals surface area contributed by atoms with Crippen LogP contribution in [0.1, 0.15) is 36.0 Å². The highest BCUT2D eigenvalue weighted by atomic mass is 35.5. The van der Waals surface area contributed by atoms with E-state index in [1.807, 2.05) is 46.7 Å². The van der Waals surface area contributed by atoms with E-state index in [4.69, 9.17) is 32.9 Å². The molecule has 268 valence electrons. The number of carbonyl (C=O) groups excluding carboxylic acids is 2. The van der Waals surface area contributed by atoms with Gasteiger partial charge in [-0.3, -0.25) is 19.6 Å². The number of aliphatic carboxylic acids is 1. The lowest BCUT2D eigenvalue weighted by Gasteiger charge is -2.38. The molecule has 2 amide bonds. The second-order valence-electron chi connectivity index (χ2n) is 13.3. The molecule has 2 aromatic heterocycles. The molecule has 52 heavy (non-hydrogen) atoms. The Labute approximate surface area is 314 Å². The normalized spacial score (nSPS) is 19.3. The lowest BCUT2D eigenvalue weighted by molar-refractivity contribution is -0.142. The van der Waals surface area contributed by atoms with Gasteiger partial charge in [0.2, 0.25) is 0 Å². The molecule has 3 aliphatic heterocycles. The maximum atomic E-state index is 13.6. The van der Waals surface area contributed by atoms with E-state index in [9.17, 15) is 19.5 Å². The number of aromatic nitrogens is 2. The summed E-state index contributed by atoms with van der Waals surface area (Å²) in [6.07, 6.45) is 3.42. The van der Waals surface area contributed by atoms with Crippen molar-refractivity contribution in [1.82, 2.24) is 25.1 Å². The summed E-state index contributed by atoms with van der Waals surface area (Å²) in [5.74, 6) is -0.354.